The molecule has 4 aromatic rings. The van der Waals surface area contributed by atoms with Gasteiger partial charge in [-0.1, -0.05) is 16.9 Å². The monoisotopic (exact) mass is 454 g/mol. The van der Waals surface area contributed by atoms with Crippen LogP contribution in [0.1, 0.15) is 6.92 Å². The maximum absolute atomic E-state index is 13.1. The lowest BCUT2D eigenvalue weighted by molar-refractivity contribution is -0.113. The van der Waals surface area contributed by atoms with Crippen LogP contribution in [0.2, 0.25) is 0 Å². The van der Waals surface area contributed by atoms with E-state index in [1.54, 1.807) is 48.0 Å². The third kappa shape index (κ3) is 4.94. The molecule has 0 atom stereocenters. The smallest absolute Gasteiger partial charge is 0.296 e. The number of aromatic nitrogens is 5. The van der Waals surface area contributed by atoms with Gasteiger partial charge in [-0.15, -0.1) is 10.2 Å². The molecular formula is C21H19FN6O3S. The standard InChI is InChI=1S/C21H19FN6O3S/c1-3-30-16-10-8-15(9-11-16)23-17(29)12-32-21-26-25-19(28(21)2)20-24-18(27-31-20)13-4-6-14(22)7-5-13/h4-11H,3,12H2,1-2H3,(H,23,29). The molecule has 0 aliphatic heterocycles. The van der Waals surface area contributed by atoms with E-state index in [1.165, 1.54) is 23.9 Å². The number of carbonyl (C=O) groups excluding carboxylic acids is 1. The number of hydrogen-bond acceptors (Lipinski definition) is 8. The van der Waals surface area contributed by atoms with Crippen LogP contribution in [0.25, 0.3) is 23.1 Å². The Morgan fingerprint density at radius 2 is 1.91 bits per heavy atom. The highest BCUT2D eigenvalue weighted by Gasteiger charge is 2.19. The van der Waals surface area contributed by atoms with Crippen LogP contribution >= 0.6 is 11.8 Å². The van der Waals surface area contributed by atoms with Crippen LogP contribution in [-0.2, 0) is 11.8 Å². The second-order valence-electron chi connectivity index (χ2n) is 6.59. The highest BCUT2D eigenvalue weighted by Crippen LogP contribution is 2.24. The van der Waals surface area contributed by atoms with E-state index in [9.17, 15) is 9.18 Å². The van der Waals surface area contributed by atoms with Gasteiger partial charge in [0.05, 0.1) is 12.4 Å². The number of ether oxygens (including phenoxy) is 1. The molecule has 164 valence electrons. The van der Waals surface area contributed by atoms with Crippen molar-refractivity contribution >= 4 is 23.4 Å². The fourth-order valence-electron chi connectivity index (χ4n) is 2.79. The lowest BCUT2D eigenvalue weighted by atomic mass is 10.2. The third-order valence-corrected chi connectivity index (χ3v) is 5.36. The molecule has 1 amide bonds. The zero-order chi connectivity index (χ0) is 22.5. The first-order valence-electron chi connectivity index (χ1n) is 9.68. The van der Waals surface area contributed by atoms with Crippen molar-refractivity contribution in [1.29, 1.82) is 0 Å². The minimum Gasteiger partial charge on any atom is -0.494 e. The van der Waals surface area contributed by atoms with E-state index in [1.807, 2.05) is 6.92 Å². The van der Waals surface area contributed by atoms with Gasteiger partial charge in [0.1, 0.15) is 11.6 Å². The Hall–Kier alpha value is -3.73. The van der Waals surface area contributed by atoms with E-state index in [-0.39, 0.29) is 23.4 Å². The molecule has 0 saturated carbocycles. The van der Waals surface area contributed by atoms with Crippen LogP contribution in [0.5, 0.6) is 5.75 Å². The average molecular weight is 454 g/mol. The minimum absolute atomic E-state index is 0.143. The number of benzene rings is 2. The molecule has 0 unspecified atom stereocenters. The first-order valence-corrected chi connectivity index (χ1v) is 10.7. The Balaban J connectivity index is 1.38. The number of halogens is 1. The van der Waals surface area contributed by atoms with Crippen molar-refractivity contribution in [3.63, 3.8) is 0 Å². The fourth-order valence-corrected chi connectivity index (χ4v) is 3.50. The van der Waals surface area contributed by atoms with Gasteiger partial charge in [-0.25, -0.2) is 4.39 Å². The van der Waals surface area contributed by atoms with Crippen molar-refractivity contribution in [2.75, 3.05) is 17.7 Å². The molecule has 9 nitrogen and oxygen atoms in total. The fraction of sp³-hybridized carbons (Fsp3) is 0.190. The van der Waals surface area contributed by atoms with E-state index < -0.39 is 0 Å². The zero-order valence-corrected chi connectivity index (χ0v) is 18.1. The summed E-state index contributed by atoms with van der Waals surface area (Å²) in [5.74, 6) is 1.20. The number of amides is 1. The van der Waals surface area contributed by atoms with Crippen molar-refractivity contribution < 1.29 is 18.4 Å². The number of thioether (sulfide) groups is 1. The summed E-state index contributed by atoms with van der Waals surface area (Å²) >= 11 is 1.23. The van der Waals surface area contributed by atoms with Crippen LogP contribution in [-0.4, -0.2) is 43.2 Å². The molecule has 32 heavy (non-hydrogen) atoms. The van der Waals surface area contributed by atoms with E-state index in [0.717, 1.165) is 5.75 Å². The van der Waals surface area contributed by atoms with Gasteiger partial charge >= 0.3 is 0 Å². The molecule has 0 bridgehead atoms. The minimum atomic E-state index is -0.348. The summed E-state index contributed by atoms with van der Waals surface area (Å²) < 4.78 is 25.4. The maximum Gasteiger partial charge on any atom is 0.296 e. The van der Waals surface area contributed by atoms with Crippen molar-refractivity contribution in [3.8, 4) is 28.9 Å². The summed E-state index contributed by atoms with van der Waals surface area (Å²) in [5, 5.41) is 15.4. The Bertz CT molecular complexity index is 1210. The maximum atomic E-state index is 13.1. The van der Waals surface area contributed by atoms with E-state index in [0.29, 0.717) is 34.7 Å². The van der Waals surface area contributed by atoms with Gasteiger partial charge in [-0.3, -0.25) is 4.79 Å². The Morgan fingerprint density at radius 1 is 1.16 bits per heavy atom. The van der Waals surface area contributed by atoms with Gasteiger partial charge in [0.2, 0.25) is 17.6 Å². The van der Waals surface area contributed by atoms with Gasteiger partial charge in [0.25, 0.3) is 5.89 Å². The number of carbonyl (C=O) groups is 1. The molecule has 4 rings (SSSR count). The molecule has 0 fully saturated rings. The highest BCUT2D eigenvalue weighted by molar-refractivity contribution is 7.99. The first kappa shape index (κ1) is 21.5. The molecule has 0 aliphatic carbocycles. The van der Waals surface area contributed by atoms with Crippen LogP contribution in [0, 0.1) is 5.82 Å². The molecule has 11 heteroatoms. The van der Waals surface area contributed by atoms with Gasteiger partial charge < -0.3 is 19.1 Å². The largest absolute Gasteiger partial charge is 0.494 e. The van der Waals surface area contributed by atoms with Gasteiger partial charge in [0, 0.05) is 18.3 Å². The third-order valence-electron chi connectivity index (χ3n) is 4.34. The summed E-state index contributed by atoms with van der Waals surface area (Å²) in [7, 11) is 1.74. The van der Waals surface area contributed by atoms with E-state index >= 15 is 0 Å². The van der Waals surface area contributed by atoms with Crippen molar-refractivity contribution in [3.05, 3.63) is 54.3 Å². The second kappa shape index (κ2) is 9.60. The number of anilines is 1. The van der Waals surface area contributed by atoms with Crippen molar-refractivity contribution in [2.45, 2.75) is 12.1 Å². The normalized spacial score (nSPS) is 10.8. The lowest BCUT2D eigenvalue weighted by Gasteiger charge is -2.07. The Kier molecular flexibility index (Phi) is 6.45. The molecule has 0 saturated heterocycles. The SMILES string of the molecule is CCOc1ccc(NC(=O)CSc2nnc(-c3nc(-c4ccc(F)cc4)no3)n2C)cc1. The summed E-state index contributed by atoms with van der Waals surface area (Å²) in [5.41, 5.74) is 1.29. The highest BCUT2D eigenvalue weighted by atomic mass is 32.2. The van der Waals surface area contributed by atoms with Gasteiger partial charge in [-0.05, 0) is 55.5 Å². The molecule has 2 aromatic carbocycles. The Labute approximate surface area is 187 Å². The van der Waals surface area contributed by atoms with Crippen LogP contribution in [0.15, 0.2) is 58.2 Å². The summed E-state index contributed by atoms with van der Waals surface area (Å²) in [4.78, 5) is 16.6. The molecule has 2 aromatic heterocycles. The molecular weight excluding hydrogens is 435 g/mol. The number of rotatable bonds is 8. The summed E-state index contributed by atoms with van der Waals surface area (Å²) in [6.45, 7) is 2.49. The quantitative estimate of drug-likeness (QED) is 0.401. The molecule has 0 aliphatic rings. The zero-order valence-electron chi connectivity index (χ0n) is 17.3. The van der Waals surface area contributed by atoms with E-state index in [2.05, 4.69) is 25.7 Å². The molecule has 2 heterocycles. The lowest BCUT2D eigenvalue weighted by Crippen LogP contribution is -2.14. The van der Waals surface area contributed by atoms with Crippen LogP contribution in [0.4, 0.5) is 10.1 Å². The van der Waals surface area contributed by atoms with Crippen LogP contribution < -0.4 is 10.1 Å². The number of hydrogen-bond donors (Lipinski definition) is 1. The molecule has 0 radical (unpaired) electrons. The molecule has 1 N–H and O–H groups in total. The summed E-state index contributed by atoms with van der Waals surface area (Å²) in [6, 6.07) is 12.9. The Morgan fingerprint density at radius 3 is 2.62 bits per heavy atom. The average Bonchev–Trinajstić information content (AvgIpc) is 3.41. The van der Waals surface area contributed by atoms with Crippen molar-refractivity contribution in [2.24, 2.45) is 7.05 Å². The topological polar surface area (TPSA) is 108 Å². The first-order chi connectivity index (χ1) is 15.5. The predicted octanol–water partition coefficient (Wildman–Crippen LogP) is 3.80. The number of nitrogens with zero attached hydrogens (tertiary/aromatic N) is 5. The van der Waals surface area contributed by atoms with Crippen molar-refractivity contribution in [1.82, 2.24) is 24.9 Å². The second-order valence-corrected chi connectivity index (χ2v) is 7.53. The molecule has 0 spiro atoms. The van der Waals surface area contributed by atoms with Gasteiger partial charge in [-0.2, -0.15) is 4.98 Å². The predicted molar refractivity (Wildman–Crippen MR) is 117 cm³/mol. The number of nitrogens with one attached hydrogen (secondary N) is 1. The van der Waals surface area contributed by atoms with Crippen LogP contribution in [0.3, 0.4) is 0 Å². The summed E-state index contributed by atoms with van der Waals surface area (Å²) in [6.07, 6.45) is 0. The van der Waals surface area contributed by atoms with Gasteiger partial charge in [0.15, 0.2) is 5.16 Å². The van der Waals surface area contributed by atoms with E-state index in [4.69, 9.17) is 9.26 Å².